The fourth-order valence-corrected chi connectivity index (χ4v) is 1.59. The topological polar surface area (TPSA) is 42.1 Å². The molecule has 0 aromatic carbocycles. The van der Waals surface area contributed by atoms with Crippen LogP contribution in [0.5, 0.6) is 0 Å². The van der Waals surface area contributed by atoms with Crippen molar-refractivity contribution in [3.63, 3.8) is 0 Å². The fraction of sp³-hybridized carbons (Fsp3) is 0.538. The summed E-state index contributed by atoms with van der Waals surface area (Å²) in [4.78, 5) is 6.06. The average molecular weight is 219 g/mol. The van der Waals surface area contributed by atoms with Gasteiger partial charge in [0.15, 0.2) is 0 Å². The smallest absolute Gasteiger partial charge is 0.0544 e. The second-order valence-electron chi connectivity index (χ2n) is 3.99. The van der Waals surface area contributed by atoms with Crippen molar-refractivity contribution in [1.82, 2.24) is 9.88 Å². The summed E-state index contributed by atoms with van der Waals surface area (Å²) in [5.41, 5.74) is 6.45. The number of aromatic nitrogens is 1. The standard InChI is InChI=1S/C13H21N3/c1-16(11-7-3-2-5-9-14)12-13-8-4-6-10-15-13/h1,4,6,8,10H,2-3,5,7,9,11-12,14H2. The van der Waals surface area contributed by atoms with Crippen LogP contribution in [0, 0.1) is 7.05 Å². The average Bonchev–Trinajstić information content (AvgIpc) is 2.30. The number of rotatable bonds is 8. The molecule has 0 saturated heterocycles. The van der Waals surface area contributed by atoms with Crippen LogP contribution >= 0.6 is 0 Å². The van der Waals surface area contributed by atoms with Crippen molar-refractivity contribution in [3.05, 3.63) is 37.1 Å². The highest BCUT2D eigenvalue weighted by Gasteiger charge is 2.00. The van der Waals surface area contributed by atoms with Crippen molar-refractivity contribution in [1.29, 1.82) is 0 Å². The van der Waals surface area contributed by atoms with Crippen LogP contribution in [0.1, 0.15) is 31.4 Å². The Labute approximate surface area is 98.7 Å². The second kappa shape index (κ2) is 8.25. The van der Waals surface area contributed by atoms with Crippen LogP contribution in [-0.4, -0.2) is 23.0 Å². The van der Waals surface area contributed by atoms with E-state index in [4.69, 9.17) is 12.8 Å². The van der Waals surface area contributed by atoms with Crippen molar-refractivity contribution >= 4 is 0 Å². The summed E-state index contributed by atoms with van der Waals surface area (Å²) in [6.45, 7) is 2.43. The van der Waals surface area contributed by atoms with E-state index in [1.165, 1.54) is 12.8 Å². The molecule has 0 saturated carbocycles. The van der Waals surface area contributed by atoms with E-state index in [0.29, 0.717) is 0 Å². The Morgan fingerprint density at radius 3 is 2.69 bits per heavy atom. The number of pyridine rings is 1. The van der Waals surface area contributed by atoms with Gasteiger partial charge in [-0.05, 0) is 38.1 Å². The zero-order valence-electron chi connectivity index (χ0n) is 9.81. The highest BCUT2D eigenvalue weighted by molar-refractivity contribution is 5.03. The summed E-state index contributed by atoms with van der Waals surface area (Å²) in [7, 11) is 5.89. The number of nitrogens with two attached hydrogens (primary N) is 1. The SMILES string of the molecule is [CH]N(CCCCCCN)Cc1ccccn1. The maximum absolute atomic E-state index is 5.89. The molecule has 0 aliphatic heterocycles. The Kier molecular flexibility index (Phi) is 6.77. The molecule has 16 heavy (non-hydrogen) atoms. The lowest BCUT2D eigenvalue weighted by atomic mass is 10.2. The van der Waals surface area contributed by atoms with Gasteiger partial charge in [0.1, 0.15) is 0 Å². The van der Waals surface area contributed by atoms with Gasteiger partial charge in [-0.1, -0.05) is 18.9 Å². The molecule has 3 nitrogen and oxygen atoms in total. The molecule has 0 atom stereocenters. The minimum Gasteiger partial charge on any atom is -0.330 e. The Hall–Kier alpha value is -0.930. The first-order valence-electron chi connectivity index (χ1n) is 5.92. The van der Waals surface area contributed by atoms with E-state index < -0.39 is 0 Å². The molecular formula is C13H21N3. The van der Waals surface area contributed by atoms with E-state index in [9.17, 15) is 0 Å². The van der Waals surface area contributed by atoms with E-state index in [1.807, 2.05) is 23.1 Å². The van der Waals surface area contributed by atoms with Crippen LogP contribution in [0.2, 0.25) is 0 Å². The zero-order chi connectivity index (χ0) is 11.6. The summed E-state index contributed by atoms with van der Waals surface area (Å²) >= 11 is 0. The third kappa shape index (κ3) is 5.83. The van der Waals surface area contributed by atoms with Crippen LogP contribution in [-0.2, 0) is 6.54 Å². The number of unbranched alkanes of at least 4 members (excludes halogenated alkanes) is 3. The van der Waals surface area contributed by atoms with Gasteiger partial charge in [0, 0.05) is 19.8 Å². The Bertz CT molecular complexity index is 261. The molecule has 0 fully saturated rings. The predicted molar refractivity (Wildman–Crippen MR) is 66.5 cm³/mol. The van der Waals surface area contributed by atoms with Crippen molar-refractivity contribution < 1.29 is 0 Å². The van der Waals surface area contributed by atoms with Gasteiger partial charge in [0.25, 0.3) is 0 Å². The van der Waals surface area contributed by atoms with Gasteiger partial charge >= 0.3 is 0 Å². The molecule has 0 bridgehead atoms. The summed E-state index contributed by atoms with van der Waals surface area (Å²) in [6, 6.07) is 5.89. The van der Waals surface area contributed by atoms with E-state index in [-0.39, 0.29) is 0 Å². The van der Waals surface area contributed by atoms with E-state index in [2.05, 4.69) is 4.98 Å². The minimum absolute atomic E-state index is 0.720. The summed E-state index contributed by atoms with van der Waals surface area (Å²) in [6.07, 6.45) is 6.44. The van der Waals surface area contributed by atoms with Crippen LogP contribution in [0.25, 0.3) is 0 Å². The lowest BCUT2D eigenvalue weighted by Crippen LogP contribution is -2.17. The Morgan fingerprint density at radius 1 is 1.19 bits per heavy atom. The highest BCUT2D eigenvalue weighted by Crippen LogP contribution is 2.04. The summed E-state index contributed by atoms with van der Waals surface area (Å²) in [5.74, 6) is 0. The van der Waals surface area contributed by atoms with Crippen molar-refractivity contribution in [3.8, 4) is 0 Å². The largest absolute Gasteiger partial charge is 0.330 e. The van der Waals surface area contributed by atoms with Gasteiger partial charge < -0.3 is 5.73 Å². The Balaban J connectivity index is 2.09. The van der Waals surface area contributed by atoms with Crippen molar-refractivity contribution in [2.75, 3.05) is 13.1 Å². The molecule has 1 aromatic heterocycles. The maximum Gasteiger partial charge on any atom is 0.0544 e. The molecule has 0 aliphatic carbocycles. The normalized spacial score (nSPS) is 10.9. The maximum atomic E-state index is 5.89. The molecule has 1 rings (SSSR count). The van der Waals surface area contributed by atoms with E-state index in [0.717, 1.165) is 38.2 Å². The third-order valence-electron chi connectivity index (χ3n) is 2.49. The van der Waals surface area contributed by atoms with Crippen LogP contribution in [0.15, 0.2) is 24.4 Å². The van der Waals surface area contributed by atoms with Gasteiger partial charge in [0.2, 0.25) is 0 Å². The predicted octanol–water partition coefficient (Wildman–Crippen LogP) is 2.07. The summed E-state index contributed by atoms with van der Waals surface area (Å²) < 4.78 is 0. The van der Waals surface area contributed by atoms with Gasteiger partial charge in [-0.15, -0.1) is 0 Å². The Morgan fingerprint density at radius 2 is 2.00 bits per heavy atom. The van der Waals surface area contributed by atoms with Gasteiger partial charge in [-0.25, -0.2) is 0 Å². The molecule has 2 radical (unpaired) electrons. The van der Waals surface area contributed by atoms with Gasteiger partial charge in [-0.2, -0.15) is 0 Å². The number of nitrogens with zero attached hydrogens (tertiary/aromatic N) is 2. The minimum atomic E-state index is 0.720. The van der Waals surface area contributed by atoms with Crippen LogP contribution < -0.4 is 5.73 Å². The monoisotopic (exact) mass is 219 g/mol. The third-order valence-corrected chi connectivity index (χ3v) is 2.49. The molecule has 0 spiro atoms. The molecule has 0 aliphatic rings. The first-order valence-corrected chi connectivity index (χ1v) is 5.92. The van der Waals surface area contributed by atoms with Gasteiger partial charge in [-0.3, -0.25) is 9.88 Å². The molecule has 3 heteroatoms. The molecule has 88 valence electrons. The highest BCUT2D eigenvalue weighted by atomic mass is 15.1. The molecule has 2 N–H and O–H groups in total. The van der Waals surface area contributed by atoms with Crippen LogP contribution in [0.3, 0.4) is 0 Å². The number of hydrogen-bond donors (Lipinski definition) is 1. The quantitative estimate of drug-likeness (QED) is 0.537. The first-order chi connectivity index (χ1) is 7.83. The lowest BCUT2D eigenvalue weighted by Gasteiger charge is -2.14. The first kappa shape index (κ1) is 13.1. The van der Waals surface area contributed by atoms with E-state index in [1.54, 1.807) is 6.20 Å². The fourth-order valence-electron chi connectivity index (χ4n) is 1.59. The lowest BCUT2D eigenvalue weighted by molar-refractivity contribution is 0.346. The van der Waals surface area contributed by atoms with Crippen molar-refractivity contribution in [2.45, 2.75) is 32.2 Å². The molecule has 0 unspecified atom stereocenters. The van der Waals surface area contributed by atoms with Crippen LogP contribution in [0.4, 0.5) is 0 Å². The molecule has 1 aromatic rings. The zero-order valence-corrected chi connectivity index (χ0v) is 9.81. The molecule has 1 heterocycles. The second-order valence-corrected chi connectivity index (χ2v) is 3.99. The molecule has 0 amide bonds. The molecular weight excluding hydrogens is 198 g/mol. The van der Waals surface area contributed by atoms with Crippen molar-refractivity contribution in [2.24, 2.45) is 5.73 Å². The van der Waals surface area contributed by atoms with E-state index >= 15 is 0 Å². The number of hydrogen-bond acceptors (Lipinski definition) is 3. The summed E-state index contributed by atoms with van der Waals surface area (Å²) in [5, 5.41) is 0. The van der Waals surface area contributed by atoms with Gasteiger partial charge in [0.05, 0.1) is 5.69 Å².